The minimum Gasteiger partial charge on any atom is -0.497 e. The van der Waals surface area contributed by atoms with Crippen LogP contribution in [0.4, 0.5) is 5.82 Å². The normalized spacial score (nSPS) is 16.2. The third-order valence-electron chi connectivity index (χ3n) is 7.23. The van der Waals surface area contributed by atoms with Crippen LogP contribution in [0.3, 0.4) is 0 Å². The molecule has 4 heterocycles. The molecule has 0 spiro atoms. The fraction of sp³-hybridized carbons (Fsp3) is 0.321. The molecule has 0 unspecified atom stereocenters. The van der Waals surface area contributed by atoms with E-state index in [0.29, 0.717) is 18.8 Å². The van der Waals surface area contributed by atoms with Crippen molar-refractivity contribution < 1.29 is 9.53 Å². The van der Waals surface area contributed by atoms with Gasteiger partial charge in [-0.3, -0.25) is 9.69 Å². The van der Waals surface area contributed by atoms with Crippen molar-refractivity contribution in [1.29, 1.82) is 0 Å². The number of anilines is 1. The molecule has 0 aliphatic carbocycles. The number of H-pyrrole nitrogens is 1. The molecular formula is C28H30N6O2. The molecule has 184 valence electrons. The largest absolute Gasteiger partial charge is 0.497 e. The summed E-state index contributed by atoms with van der Waals surface area (Å²) in [5.41, 5.74) is 5.25. The van der Waals surface area contributed by atoms with Gasteiger partial charge in [0.25, 0.3) is 5.91 Å². The number of nitrogens with zero attached hydrogens (tertiary/aromatic N) is 5. The Kier molecular flexibility index (Phi) is 6.03. The lowest BCUT2D eigenvalue weighted by Gasteiger charge is -2.37. The van der Waals surface area contributed by atoms with Gasteiger partial charge in [0.1, 0.15) is 23.6 Å². The molecule has 1 saturated heterocycles. The van der Waals surface area contributed by atoms with Gasteiger partial charge in [0.2, 0.25) is 0 Å². The van der Waals surface area contributed by atoms with Crippen molar-refractivity contribution >= 4 is 22.6 Å². The minimum atomic E-state index is 0.0311. The molecule has 0 radical (unpaired) electrons. The first-order valence-corrected chi connectivity index (χ1v) is 12.5. The highest BCUT2D eigenvalue weighted by Gasteiger charge is 2.28. The van der Waals surface area contributed by atoms with Crippen molar-refractivity contribution in [1.82, 2.24) is 24.8 Å². The van der Waals surface area contributed by atoms with Crippen LogP contribution in [0, 0.1) is 0 Å². The fourth-order valence-corrected chi connectivity index (χ4v) is 5.28. The average Bonchev–Trinajstić information content (AvgIpc) is 3.36. The van der Waals surface area contributed by atoms with Crippen molar-refractivity contribution in [3.8, 4) is 5.75 Å². The first-order chi connectivity index (χ1) is 17.7. The van der Waals surface area contributed by atoms with Gasteiger partial charge in [-0.05, 0) is 29.8 Å². The second-order valence-electron chi connectivity index (χ2n) is 9.48. The number of carbonyl (C=O) groups is 1. The molecule has 4 aromatic rings. The Morgan fingerprint density at radius 2 is 1.83 bits per heavy atom. The van der Waals surface area contributed by atoms with Gasteiger partial charge in [0.05, 0.1) is 12.8 Å². The first-order valence-electron chi connectivity index (χ1n) is 12.5. The van der Waals surface area contributed by atoms with E-state index < -0.39 is 0 Å². The molecule has 1 amide bonds. The number of amides is 1. The molecule has 2 aliphatic rings. The molecule has 1 N–H and O–H groups in total. The van der Waals surface area contributed by atoms with Crippen LogP contribution in [0.2, 0.25) is 0 Å². The molecule has 36 heavy (non-hydrogen) atoms. The van der Waals surface area contributed by atoms with Crippen LogP contribution in [0.15, 0.2) is 60.9 Å². The molecule has 0 saturated carbocycles. The van der Waals surface area contributed by atoms with E-state index in [1.165, 1.54) is 11.1 Å². The van der Waals surface area contributed by atoms with Crippen molar-refractivity contribution in [3.63, 3.8) is 0 Å². The lowest BCUT2D eigenvalue weighted by atomic mass is 10.0. The monoisotopic (exact) mass is 482 g/mol. The van der Waals surface area contributed by atoms with Crippen LogP contribution in [0.5, 0.6) is 5.75 Å². The first kappa shape index (κ1) is 22.5. The summed E-state index contributed by atoms with van der Waals surface area (Å²) in [5.74, 6) is 1.83. The Balaban J connectivity index is 1.14. The summed E-state index contributed by atoms with van der Waals surface area (Å²) in [6, 6.07) is 18.3. The average molecular weight is 483 g/mol. The van der Waals surface area contributed by atoms with Crippen LogP contribution < -0.4 is 9.64 Å². The Morgan fingerprint density at radius 3 is 2.64 bits per heavy atom. The zero-order valence-electron chi connectivity index (χ0n) is 20.5. The molecule has 0 bridgehead atoms. The van der Waals surface area contributed by atoms with E-state index in [9.17, 15) is 4.79 Å². The maximum Gasteiger partial charge on any atom is 0.270 e. The quantitative estimate of drug-likeness (QED) is 0.469. The van der Waals surface area contributed by atoms with Gasteiger partial charge in [0, 0.05) is 68.7 Å². The number of fused-ring (bicyclic) bond motifs is 2. The van der Waals surface area contributed by atoms with Gasteiger partial charge < -0.3 is 19.5 Å². The van der Waals surface area contributed by atoms with E-state index in [1.54, 1.807) is 13.4 Å². The summed E-state index contributed by atoms with van der Waals surface area (Å²) in [7, 11) is 1.65. The zero-order chi connectivity index (χ0) is 24.5. The second kappa shape index (κ2) is 9.62. The molecule has 8 heteroatoms. The molecule has 2 aliphatic heterocycles. The van der Waals surface area contributed by atoms with Crippen molar-refractivity contribution in [2.45, 2.75) is 19.5 Å². The predicted octanol–water partition coefficient (Wildman–Crippen LogP) is 3.49. The number of benzene rings is 2. The number of piperazine rings is 1. The number of carbonyl (C=O) groups excluding carboxylic acids is 1. The fourth-order valence-electron chi connectivity index (χ4n) is 5.28. The van der Waals surface area contributed by atoms with Gasteiger partial charge >= 0.3 is 0 Å². The van der Waals surface area contributed by atoms with E-state index in [4.69, 9.17) is 9.72 Å². The second-order valence-corrected chi connectivity index (χ2v) is 9.48. The maximum absolute atomic E-state index is 13.2. The molecular weight excluding hydrogens is 452 g/mol. The van der Waals surface area contributed by atoms with Crippen LogP contribution in [0.25, 0.3) is 10.9 Å². The number of ether oxygens (including phenoxy) is 1. The van der Waals surface area contributed by atoms with E-state index in [1.807, 2.05) is 29.2 Å². The van der Waals surface area contributed by atoms with Crippen LogP contribution >= 0.6 is 0 Å². The van der Waals surface area contributed by atoms with Gasteiger partial charge in [-0.2, -0.15) is 0 Å². The Hall–Kier alpha value is -3.91. The van der Waals surface area contributed by atoms with E-state index in [0.717, 1.165) is 67.3 Å². The Bertz CT molecular complexity index is 1380. The number of aromatic amines is 1. The minimum absolute atomic E-state index is 0.0311. The third kappa shape index (κ3) is 4.40. The molecule has 6 rings (SSSR count). The number of aromatic nitrogens is 3. The highest BCUT2D eigenvalue weighted by molar-refractivity contribution is 5.98. The summed E-state index contributed by atoms with van der Waals surface area (Å²) in [5, 5.41) is 0.976. The summed E-state index contributed by atoms with van der Waals surface area (Å²) in [6.07, 6.45) is 2.62. The van der Waals surface area contributed by atoms with Crippen LogP contribution in [-0.4, -0.2) is 70.5 Å². The molecule has 2 aromatic carbocycles. The maximum atomic E-state index is 13.2. The lowest BCUT2D eigenvalue weighted by molar-refractivity contribution is 0.0741. The molecule has 2 aromatic heterocycles. The highest BCUT2D eigenvalue weighted by Crippen LogP contribution is 2.28. The molecule has 8 nitrogen and oxygen atoms in total. The zero-order valence-corrected chi connectivity index (χ0v) is 20.5. The van der Waals surface area contributed by atoms with Gasteiger partial charge in [-0.25, -0.2) is 9.97 Å². The van der Waals surface area contributed by atoms with Crippen molar-refractivity contribution in [2.75, 3.05) is 44.7 Å². The number of methoxy groups -OCH3 is 1. The Labute approximate surface area is 210 Å². The third-order valence-corrected chi connectivity index (χ3v) is 7.23. The van der Waals surface area contributed by atoms with Crippen molar-refractivity contribution in [2.24, 2.45) is 0 Å². The van der Waals surface area contributed by atoms with Gasteiger partial charge in [-0.1, -0.05) is 30.3 Å². The van der Waals surface area contributed by atoms with E-state index >= 15 is 0 Å². The van der Waals surface area contributed by atoms with Crippen molar-refractivity contribution in [3.05, 3.63) is 83.4 Å². The Morgan fingerprint density at radius 1 is 1.00 bits per heavy atom. The smallest absolute Gasteiger partial charge is 0.270 e. The van der Waals surface area contributed by atoms with Crippen LogP contribution in [0.1, 0.15) is 27.3 Å². The summed E-state index contributed by atoms with van der Waals surface area (Å²) in [6.45, 7) is 5.58. The predicted molar refractivity (Wildman–Crippen MR) is 139 cm³/mol. The summed E-state index contributed by atoms with van der Waals surface area (Å²) < 4.78 is 5.31. The summed E-state index contributed by atoms with van der Waals surface area (Å²) >= 11 is 0. The number of hydrogen-bond donors (Lipinski definition) is 1. The molecule has 0 atom stereocenters. The van der Waals surface area contributed by atoms with Gasteiger partial charge in [0.15, 0.2) is 0 Å². The number of rotatable bonds is 5. The standard InChI is InChI=1S/C28H30N6O2/c1-36-22-7-8-24-21(15-22)16-26(31-24)28(35)34-13-11-33(12-14-34)27-23-18-32(10-9-25(23)29-19-30-27)17-20-5-3-2-4-6-20/h2-8,15-16,19,31H,9-14,17-18H2,1H3. The van der Waals surface area contributed by atoms with Crippen LogP contribution in [-0.2, 0) is 19.5 Å². The molecule has 1 fully saturated rings. The van der Waals surface area contributed by atoms with Gasteiger partial charge in [-0.15, -0.1) is 0 Å². The SMILES string of the molecule is COc1ccc2[nH]c(C(=O)N3CCN(c4ncnc5c4CN(Cc4ccccc4)CC5)CC3)cc2c1. The van der Waals surface area contributed by atoms with E-state index in [2.05, 4.69) is 50.1 Å². The highest BCUT2D eigenvalue weighted by atomic mass is 16.5. The lowest BCUT2D eigenvalue weighted by Crippen LogP contribution is -2.49. The topological polar surface area (TPSA) is 77.6 Å². The number of nitrogens with one attached hydrogen (secondary N) is 1. The summed E-state index contributed by atoms with van der Waals surface area (Å²) in [4.78, 5) is 32.5. The van der Waals surface area contributed by atoms with E-state index in [-0.39, 0.29) is 5.91 Å². The number of hydrogen-bond acceptors (Lipinski definition) is 6.